The number of hydrogen-bond donors (Lipinski definition) is 2. The quantitative estimate of drug-likeness (QED) is 0.381. The van der Waals surface area contributed by atoms with Gasteiger partial charge in [0, 0.05) is 25.3 Å². The molecule has 0 unspecified atom stereocenters. The van der Waals surface area contributed by atoms with Crippen molar-refractivity contribution >= 4 is 23.6 Å². The van der Waals surface area contributed by atoms with E-state index >= 15 is 0 Å². The van der Waals surface area contributed by atoms with Gasteiger partial charge in [-0.25, -0.2) is 0 Å². The van der Waals surface area contributed by atoms with Gasteiger partial charge in [0.2, 0.25) is 0 Å². The minimum absolute atomic E-state index is 0.276. The highest BCUT2D eigenvalue weighted by Crippen LogP contribution is 2.29. The van der Waals surface area contributed by atoms with Crippen LogP contribution in [0.3, 0.4) is 0 Å². The normalized spacial score (nSPS) is 15.8. The Morgan fingerprint density at radius 2 is 1.86 bits per heavy atom. The van der Waals surface area contributed by atoms with E-state index in [1.54, 1.807) is 7.11 Å². The van der Waals surface area contributed by atoms with Crippen molar-refractivity contribution in [1.29, 1.82) is 0 Å². The number of carbonyl (C=O) groups excluding carboxylic acids is 2. The van der Waals surface area contributed by atoms with E-state index in [0.29, 0.717) is 30.9 Å². The summed E-state index contributed by atoms with van der Waals surface area (Å²) in [4.78, 5) is 24.9. The molecular formula is C30H41N2O4S-. The fourth-order valence-corrected chi connectivity index (χ4v) is 5.69. The number of benzene rings is 2. The molecular weight excluding hydrogens is 484 g/mol. The molecule has 0 heterocycles. The number of rotatable bonds is 14. The van der Waals surface area contributed by atoms with Crippen LogP contribution in [0.1, 0.15) is 66.4 Å². The lowest BCUT2D eigenvalue weighted by atomic mass is 9.85. The smallest absolute Gasteiger partial charge is 0.252 e. The van der Waals surface area contributed by atoms with Crippen LogP contribution in [0.15, 0.2) is 42.5 Å². The van der Waals surface area contributed by atoms with Crippen molar-refractivity contribution in [2.45, 2.75) is 70.5 Å². The second-order valence-corrected chi connectivity index (χ2v) is 11.1. The maximum atomic E-state index is 13.3. The van der Waals surface area contributed by atoms with E-state index in [2.05, 4.69) is 10.6 Å². The summed E-state index contributed by atoms with van der Waals surface area (Å²) in [5.74, 6) is -0.291. The van der Waals surface area contributed by atoms with Gasteiger partial charge in [0.25, 0.3) is 5.91 Å². The van der Waals surface area contributed by atoms with Gasteiger partial charge in [-0.3, -0.25) is 4.79 Å². The van der Waals surface area contributed by atoms with Crippen LogP contribution >= 0.6 is 11.8 Å². The highest BCUT2D eigenvalue weighted by atomic mass is 32.2. The first-order chi connectivity index (χ1) is 17.9. The van der Waals surface area contributed by atoms with Crippen molar-refractivity contribution < 1.29 is 19.4 Å². The summed E-state index contributed by atoms with van der Waals surface area (Å²) in [5, 5.41) is 18.0. The van der Waals surface area contributed by atoms with Gasteiger partial charge in [0.15, 0.2) is 0 Å². The van der Waals surface area contributed by atoms with Crippen molar-refractivity contribution in [2.24, 2.45) is 5.92 Å². The fourth-order valence-electron chi connectivity index (χ4n) is 5.22. The van der Waals surface area contributed by atoms with Gasteiger partial charge >= 0.3 is 0 Å². The third kappa shape index (κ3) is 8.87. The first kappa shape index (κ1) is 29.2. The van der Waals surface area contributed by atoms with Crippen molar-refractivity contribution in [2.75, 3.05) is 25.7 Å². The maximum Gasteiger partial charge on any atom is 0.252 e. The van der Waals surface area contributed by atoms with Crippen LogP contribution in [-0.2, 0) is 16.1 Å². The predicted octanol–water partition coefficient (Wildman–Crippen LogP) is 4.34. The number of methoxy groups -OCH3 is 1. The van der Waals surface area contributed by atoms with Crippen LogP contribution in [0, 0.1) is 12.8 Å². The summed E-state index contributed by atoms with van der Waals surface area (Å²) in [6.45, 7) is 3.35. The van der Waals surface area contributed by atoms with Crippen molar-refractivity contribution in [3.63, 3.8) is 0 Å². The standard InChI is InChI=1S/C30H42N2O4S/c1-21-9-7-8-12-25(21)27-18-23(19-31-24(20-36-2)17-22-10-5-4-6-11-22)13-14-26(27)29(33)32-28(30(34)35)15-16-37-3/h7-9,12-14,18,22,24,28,31H,4-6,10-11,15-17,19-20H2,1-3H3,(H,32,33)(H,34,35)/p-1/t24-,28-/m0/s1. The molecule has 1 amide bonds. The number of ether oxygens (including phenoxy) is 1. The van der Waals surface area contributed by atoms with E-state index in [1.165, 1.54) is 43.9 Å². The lowest BCUT2D eigenvalue weighted by Gasteiger charge is -2.27. The molecule has 0 radical (unpaired) electrons. The van der Waals surface area contributed by atoms with Gasteiger partial charge in [-0.2, -0.15) is 11.8 Å². The summed E-state index contributed by atoms with van der Waals surface area (Å²) < 4.78 is 5.51. The Hall–Kier alpha value is -2.35. The average Bonchev–Trinajstić information content (AvgIpc) is 2.90. The van der Waals surface area contributed by atoms with Crippen molar-refractivity contribution in [3.05, 3.63) is 59.2 Å². The molecule has 0 saturated heterocycles. The molecule has 37 heavy (non-hydrogen) atoms. The Kier molecular flexibility index (Phi) is 12.0. The Labute approximate surface area is 226 Å². The molecule has 2 aromatic rings. The third-order valence-corrected chi connectivity index (χ3v) is 7.91. The second-order valence-electron chi connectivity index (χ2n) is 10.1. The second kappa shape index (κ2) is 15.2. The molecule has 6 nitrogen and oxygen atoms in total. The molecule has 2 aromatic carbocycles. The van der Waals surface area contributed by atoms with Gasteiger partial charge in [-0.05, 0) is 72.1 Å². The maximum absolute atomic E-state index is 13.3. The largest absolute Gasteiger partial charge is 0.548 e. The first-order valence-corrected chi connectivity index (χ1v) is 14.7. The highest BCUT2D eigenvalue weighted by molar-refractivity contribution is 7.98. The molecule has 1 fully saturated rings. The molecule has 2 N–H and O–H groups in total. The molecule has 7 heteroatoms. The van der Waals surface area contributed by atoms with E-state index in [0.717, 1.165) is 34.6 Å². The number of aliphatic carboxylic acids is 1. The molecule has 202 valence electrons. The Bertz CT molecular complexity index is 1020. The lowest BCUT2D eigenvalue weighted by Crippen LogP contribution is -2.48. The minimum Gasteiger partial charge on any atom is -0.548 e. The summed E-state index contributed by atoms with van der Waals surface area (Å²) in [6.07, 6.45) is 9.93. The van der Waals surface area contributed by atoms with E-state index in [-0.39, 0.29) is 6.04 Å². The van der Waals surface area contributed by atoms with Gasteiger partial charge in [-0.1, -0.05) is 62.4 Å². The highest BCUT2D eigenvalue weighted by Gasteiger charge is 2.21. The SMILES string of the molecule is COC[C@H](CC1CCCCC1)NCc1ccc(C(=O)N[C@@H](CCSC)C(=O)[O-])c(-c2ccccc2C)c1. The number of amides is 1. The molecule has 0 spiro atoms. The third-order valence-electron chi connectivity index (χ3n) is 7.27. The van der Waals surface area contributed by atoms with Gasteiger partial charge in [0.1, 0.15) is 0 Å². The van der Waals surface area contributed by atoms with Gasteiger partial charge < -0.3 is 25.3 Å². The van der Waals surface area contributed by atoms with Crippen LogP contribution in [-0.4, -0.2) is 49.7 Å². The number of carboxylic acids is 1. The minimum atomic E-state index is -1.26. The van der Waals surface area contributed by atoms with Crippen molar-refractivity contribution in [3.8, 4) is 11.1 Å². The average molecular weight is 526 g/mol. The van der Waals surface area contributed by atoms with Gasteiger partial charge in [0.05, 0.1) is 18.6 Å². The monoisotopic (exact) mass is 525 g/mol. The van der Waals surface area contributed by atoms with E-state index in [9.17, 15) is 14.7 Å². The summed E-state index contributed by atoms with van der Waals surface area (Å²) >= 11 is 1.54. The van der Waals surface area contributed by atoms with Crippen LogP contribution in [0.2, 0.25) is 0 Å². The zero-order chi connectivity index (χ0) is 26.6. The lowest BCUT2D eigenvalue weighted by molar-refractivity contribution is -0.308. The summed E-state index contributed by atoms with van der Waals surface area (Å²) in [5.41, 5.74) is 4.34. The van der Waals surface area contributed by atoms with Crippen LogP contribution < -0.4 is 15.7 Å². The van der Waals surface area contributed by atoms with Gasteiger partial charge in [-0.15, -0.1) is 0 Å². The fraction of sp³-hybridized carbons (Fsp3) is 0.533. The zero-order valence-corrected chi connectivity index (χ0v) is 23.2. The van der Waals surface area contributed by atoms with Crippen LogP contribution in [0.5, 0.6) is 0 Å². The topological polar surface area (TPSA) is 90.5 Å². The molecule has 0 bridgehead atoms. The zero-order valence-electron chi connectivity index (χ0n) is 22.4. The number of hydrogen-bond acceptors (Lipinski definition) is 6. The molecule has 0 aromatic heterocycles. The number of nitrogens with one attached hydrogen (secondary N) is 2. The molecule has 1 aliphatic rings. The first-order valence-electron chi connectivity index (χ1n) is 13.3. The number of carboxylic acid groups (broad SMARTS) is 1. The number of thioether (sulfide) groups is 1. The molecule has 2 atom stereocenters. The molecule has 1 saturated carbocycles. The summed E-state index contributed by atoms with van der Waals surface area (Å²) in [6, 6.07) is 13.0. The molecule has 1 aliphatic carbocycles. The van der Waals surface area contributed by atoms with Crippen molar-refractivity contribution in [1.82, 2.24) is 10.6 Å². The van der Waals surface area contributed by atoms with Crippen LogP contribution in [0.25, 0.3) is 11.1 Å². The van der Waals surface area contributed by atoms with E-state index in [1.807, 2.05) is 55.6 Å². The number of aryl methyl sites for hydroxylation is 1. The Morgan fingerprint density at radius 1 is 1.11 bits per heavy atom. The summed E-state index contributed by atoms with van der Waals surface area (Å²) in [7, 11) is 1.75. The Balaban J connectivity index is 1.82. The van der Waals surface area contributed by atoms with E-state index < -0.39 is 17.9 Å². The molecule has 3 rings (SSSR count). The van der Waals surface area contributed by atoms with Crippen LogP contribution in [0.4, 0.5) is 0 Å². The predicted molar refractivity (Wildman–Crippen MR) is 150 cm³/mol. The number of carbonyl (C=O) groups is 2. The molecule has 0 aliphatic heterocycles. The Morgan fingerprint density at radius 3 is 2.54 bits per heavy atom. The van der Waals surface area contributed by atoms with E-state index in [4.69, 9.17) is 4.74 Å².